The van der Waals surface area contributed by atoms with E-state index in [1.807, 2.05) is 6.07 Å². The van der Waals surface area contributed by atoms with Crippen molar-refractivity contribution in [2.75, 3.05) is 11.9 Å². The van der Waals surface area contributed by atoms with Crippen LogP contribution in [0.1, 0.15) is 38.5 Å². The second-order valence-electron chi connectivity index (χ2n) is 5.64. The zero-order valence-electron chi connectivity index (χ0n) is 12.1. The van der Waals surface area contributed by atoms with Crippen molar-refractivity contribution in [1.29, 1.82) is 0 Å². The highest BCUT2D eigenvalue weighted by molar-refractivity contribution is 6.39. The minimum atomic E-state index is -0.876. The van der Waals surface area contributed by atoms with Gasteiger partial charge < -0.3 is 15.7 Å². The molecule has 114 valence electrons. The molecule has 0 atom stereocenters. The number of hydrogen-bond donors (Lipinski definition) is 3. The summed E-state index contributed by atoms with van der Waals surface area (Å²) >= 11 is 0. The number of carbonyl (C=O) groups is 2. The van der Waals surface area contributed by atoms with Crippen molar-refractivity contribution in [3.8, 4) is 0 Å². The first-order valence-electron chi connectivity index (χ1n) is 7.46. The molecule has 1 aromatic carbocycles. The first-order chi connectivity index (χ1) is 10.1. The molecule has 1 saturated carbocycles. The lowest BCUT2D eigenvalue weighted by atomic mass is 9.94. The van der Waals surface area contributed by atoms with E-state index < -0.39 is 17.4 Å². The monoisotopic (exact) mass is 290 g/mol. The van der Waals surface area contributed by atoms with Crippen molar-refractivity contribution < 1.29 is 14.7 Å². The van der Waals surface area contributed by atoms with Crippen LogP contribution in [0.2, 0.25) is 0 Å². The number of hydrogen-bond acceptors (Lipinski definition) is 3. The number of para-hydroxylation sites is 1. The van der Waals surface area contributed by atoms with Crippen LogP contribution in [0.15, 0.2) is 30.3 Å². The predicted octanol–water partition coefficient (Wildman–Crippen LogP) is 1.83. The number of nitrogens with one attached hydrogen (secondary N) is 2. The van der Waals surface area contributed by atoms with Gasteiger partial charge in [0.25, 0.3) is 0 Å². The van der Waals surface area contributed by atoms with Gasteiger partial charge in [0.1, 0.15) is 0 Å². The van der Waals surface area contributed by atoms with Gasteiger partial charge in [-0.25, -0.2) is 0 Å². The van der Waals surface area contributed by atoms with Crippen molar-refractivity contribution in [2.24, 2.45) is 0 Å². The van der Waals surface area contributed by atoms with Crippen molar-refractivity contribution in [3.63, 3.8) is 0 Å². The van der Waals surface area contributed by atoms with Crippen LogP contribution in [-0.4, -0.2) is 29.1 Å². The highest BCUT2D eigenvalue weighted by Crippen LogP contribution is 2.26. The van der Waals surface area contributed by atoms with Crippen LogP contribution in [0, 0.1) is 0 Å². The van der Waals surface area contributed by atoms with Crippen LogP contribution in [0.4, 0.5) is 5.69 Å². The van der Waals surface area contributed by atoms with E-state index in [2.05, 4.69) is 10.6 Å². The molecular formula is C16H22N2O3. The summed E-state index contributed by atoms with van der Waals surface area (Å²) in [5.74, 6) is -1.42. The smallest absolute Gasteiger partial charge is 0.313 e. The molecule has 3 N–H and O–H groups in total. The number of aliphatic hydroxyl groups is 1. The van der Waals surface area contributed by atoms with Gasteiger partial charge in [0, 0.05) is 12.2 Å². The molecule has 2 amide bonds. The molecule has 1 aromatic rings. The Bertz CT molecular complexity index is 480. The van der Waals surface area contributed by atoms with Crippen LogP contribution < -0.4 is 10.6 Å². The molecule has 21 heavy (non-hydrogen) atoms. The molecule has 1 aliphatic rings. The Labute approximate surface area is 124 Å². The third-order valence-corrected chi connectivity index (χ3v) is 3.85. The Morgan fingerprint density at radius 3 is 2.24 bits per heavy atom. The van der Waals surface area contributed by atoms with E-state index in [-0.39, 0.29) is 6.54 Å². The number of anilines is 1. The van der Waals surface area contributed by atoms with Crippen LogP contribution in [0.3, 0.4) is 0 Å². The largest absolute Gasteiger partial charge is 0.388 e. The van der Waals surface area contributed by atoms with E-state index in [9.17, 15) is 14.7 Å². The molecule has 1 fully saturated rings. The SMILES string of the molecule is O=C(NCC1(O)CCCCCC1)C(=O)Nc1ccccc1. The fourth-order valence-corrected chi connectivity index (χ4v) is 2.60. The first-order valence-corrected chi connectivity index (χ1v) is 7.46. The Kier molecular flexibility index (Phi) is 5.33. The molecule has 0 heterocycles. The highest BCUT2D eigenvalue weighted by atomic mass is 16.3. The molecule has 0 spiro atoms. The van der Waals surface area contributed by atoms with Gasteiger partial charge in [-0.3, -0.25) is 9.59 Å². The maximum absolute atomic E-state index is 11.8. The van der Waals surface area contributed by atoms with Gasteiger partial charge in [-0.05, 0) is 25.0 Å². The Balaban J connectivity index is 1.82. The fraction of sp³-hybridized carbons (Fsp3) is 0.500. The van der Waals surface area contributed by atoms with E-state index in [0.29, 0.717) is 18.5 Å². The zero-order valence-corrected chi connectivity index (χ0v) is 12.1. The van der Waals surface area contributed by atoms with Gasteiger partial charge in [0.15, 0.2) is 0 Å². The summed E-state index contributed by atoms with van der Waals surface area (Å²) in [4.78, 5) is 23.5. The van der Waals surface area contributed by atoms with E-state index in [1.165, 1.54) is 0 Å². The fourth-order valence-electron chi connectivity index (χ4n) is 2.60. The Hall–Kier alpha value is -1.88. The zero-order chi connectivity index (χ0) is 15.1. The lowest BCUT2D eigenvalue weighted by Gasteiger charge is -2.26. The third-order valence-electron chi connectivity index (χ3n) is 3.85. The van der Waals surface area contributed by atoms with Crippen molar-refractivity contribution >= 4 is 17.5 Å². The summed E-state index contributed by atoms with van der Waals surface area (Å²) in [6, 6.07) is 8.81. The molecule has 5 heteroatoms. The van der Waals surface area contributed by atoms with Crippen LogP contribution in [-0.2, 0) is 9.59 Å². The summed E-state index contributed by atoms with van der Waals surface area (Å²) in [7, 11) is 0. The summed E-state index contributed by atoms with van der Waals surface area (Å²) in [5, 5.41) is 15.5. The molecular weight excluding hydrogens is 268 g/mol. The third kappa shape index (κ3) is 4.86. The van der Waals surface area contributed by atoms with Crippen molar-refractivity contribution in [3.05, 3.63) is 30.3 Å². The average Bonchev–Trinajstić information content (AvgIpc) is 2.71. The number of benzene rings is 1. The molecule has 5 nitrogen and oxygen atoms in total. The predicted molar refractivity (Wildman–Crippen MR) is 80.7 cm³/mol. The molecule has 2 rings (SSSR count). The van der Waals surface area contributed by atoms with E-state index >= 15 is 0 Å². The van der Waals surface area contributed by atoms with Crippen LogP contribution >= 0.6 is 0 Å². The normalized spacial score (nSPS) is 17.6. The highest BCUT2D eigenvalue weighted by Gasteiger charge is 2.29. The topological polar surface area (TPSA) is 78.4 Å². The lowest BCUT2D eigenvalue weighted by Crippen LogP contribution is -2.46. The summed E-state index contributed by atoms with van der Waals surface area (Å²) in [5.41, 5.74) is -0.301. The minimum absolute atomic E-state index is 0.133. The average molecular weight is 290 g/mol. The second kappa shape index (κ2) is 7.22. The van der Waals surface area contributed by atoms with E-state index in [0.717, 1.165) is 25.7 Å². The molecule has 0 saturated heterocycles. The van der Waals surface area contributed by atoms with Gasteiger partial charge in [0.2, 0.25) is 0 Å². The molecule has 1 aliphatic carbocycles. The van der Waals surface area contributed by atoms with E-state index in [4.69, 9.17) is 0 Å². The molecule has 0 unspecified atom stereocenters. The van der Waals surface area contributed by atoms with Gasteiger partial charge >= 0.3 is 11.8 Å². The summed E-state index contributed by atoms with van der Waals surface area (Å²) in [6.07, 6.45) is 5.50. The molecule has 0 bridgehead atoms. The second-order valence-corrected chi connectivity index (χ2v) is 5.64. The number of carbonyl (C=O) groups excluding carboxylic acids is 2. The van der Waals surface area contributed by atoms with Gasteiger partial charge in [0.05, 0.1) is 5.60 Å². The summed E-state index contributed by atoms with van der Waals surface area (Å²) in [6.45, 7) is 0.133. The quantitative estimate of drug-likeness (QED) is 0.587. The maximum atomic E-state index is 11.8. The lowest BCUT2D eigenvalue weighted by molar-refractivity contribution is -0.136. The molecule has 0 radical (unpaired) electrons. The summed E-state index contributed by atoms with van der Waals surface area (Å²) < 4.78 is 0. The Morgan fingerprint density at radius 2 is 1.62 bits per heavy atom. The standard InChI is InChI=1S/C16H22N2O3/c19-14(15(20)18-13-8-4-3-5-9-13)17-12-16(21)10-6-1-2-7-11-16/h3-5,8-9,21H,1-2,6-7,10-12H2,(H,17,19)(H,18,20). The van der Waals surface area contributed by atoms with Gasteiger partial charge in [-0.2, -0.15) is 0 Å². The first kappa shape index (κ1) is 15.5. The number of amides is 2. The van der Waals surface area contributed by atoms with E-state index in [1.54, 1.807) is 24.3 Å². The van der Waals surface area contributed by atoms with Gasteiger partial charge in [-0.15, -0.1) is 0 Å². The van der Waals surface area contributed by atoms with Crippen molar-refractivity contribution in [1.82, 2.24) is 5.32 Å². The van der Waals surface area contributed by atoms with Crippen LogP contribution in [0.25, 0.3) is 0 Å². The molecule has 0 aromatic heterocycles. The minimum Gasteiger partial charge on any atom is -0.388 e. The Morgan fingerprint density at radius 1 is 1.00 bits per heavy atom. The van der Waals surface area contributed by atoms with Gasteiger partial charge in [-0.1, -0.05) is 43.9 Å². The number of rotatable bonds is 3. The van der Waals surface area contributed by atoms with Crippen LogP contribution in [0.5, 0.6) is 0 Å². The maximum Gasteiger partial charge on any atom is 0.313 e. The molecule has 0 aliphatic heterocycles. The van der Waals surface area contributed by atoms with Crippen molar-refractivity contribution in [2.45, 2.75) is 44.1 Å².